The highest BCUT2D eigenvalue weighted by Crippen LogP contribution is 2.24. The first-order valence-corrected chi connectivity index (χ1v) is 20.8. The van der Waals surface area contributed by atoms with E-state index in [1.807, 2.05) is 95.2 Å². The lowest BCUT2D eigenvalue weighted by atomic mass is 9.93. The van der Waals surface area contributed by atoms with Gasteiger partial charge in [-0.05, 0) is 66.7 Å². The number of halogens is 1. The SMILES string of the molecule is CN[C@H](C(=O)N[C@H](C(=O)N(C)[C@H](C(=O)N(C)[C@H](C(=O)N(C)[C@H](C(=O)N(C)[C@H](C(=O)NCCc1ccc(Cl)cc1)C(C)C)C(C)C)C(C)C)C(C)C)C(C)C)C(C)C. The number of benzene rings is 1. The van der Waals surface area contributed by atoms with Crippen molar-refractivity contribution in [2.45, 2.75) is 126 Å². The monoisotopic (exact) mass is 820 g/mol. The lowest BCUT2D eigenvalue weighted by Gasteiger charge is -2.42. The van der Waals surface area contributed by atoms with Gasteiger partial charge in [-0.3, -0.25) is 28.8 Å². The van der Waals surface area contributed by atoms with E-state index < -0.39 is 59.9 Å². The van der Waals surface area contributed by atoms with Crippen molar-refractivity contribution in [2.75, 3.05) is 41.8 Å². The van der Waals surface area contributed by atoms with Crippen LogP contribution in [0.4, 0.5) is 0 Å². The fourth-order valence-corrected chi connectivity index (χ4v) is 7.75. The van der Waals surface area contributed by atoms with Crippen LogP contribution in [0.15, 0.2) is 24.3 Å². The first-order valence-electron chi connectivity index (χ1n) is 20.4. The second-order valence-electron chi connectivity index (χ2n) is 17.5. The molecule has 0 unspecified atom stereocenters. The molecule has 1 aromatic rings. The number of hydrogen-bond donors (Lipinski definition) is 3. The Hall–Kier alpha value is -3.71. The van der Waals surface area contributed by atoms with Crippen LogP contribution in [0.3, 0.4) is 0 Å². The van der Waals surface area contributed by atoms with Gasteiger partial charge in [0.25, 0.3) is 0 Å². The lowest BCUT2D eigenvalue weighted by molar-refractivity contribution is -0.157. The molecule has 0 aliphatic carbocycles. The van der Waals surface area contributed by atoms with Crippen molar-refractivity contribution in [1.82, 2.24) is 35.6 Å². The summed E-state index contributed by atoms with van der Waals surface area (Å²) in [5, 5.41) is 9.52. The van der Waals surface area contributed by atoms with Gasteiger partial charge in [-0.25, -0.2) is 0 Å². The molecule has 0 saturated carbocycles. The molecule has 324 valence electrons. The van der Waals surface area contributed by atoms with Crippen molar-refractivity contribution in [1.29, 1.82) is 0 Å². The van der Waals surface area contributed by atoms with Crippen LogP contribution in [-0.2, 0) is 35.2 Å². The van der Waals surface area contributed by atoms with Gasteiger partial charge in [-0.2, -0.15) is 0 Å². The fourth-order valence-electron chi connectivity index (χ4n) is 7.62. The highest BCUT2D eigenvalue weighted by molar-refractivity contribution is 6.30. The van der Waals surface area contributed by atoms with Crippen molar-refractivity contribution in [3.05, 3.63) is 34.9 Å². The Kier molecular flexibility index (Phi) is 20.7. The summed E-state index contributed by atoms with van der Waals surface area (Å²) in [4.78, 5) is 89.8. The zero-order valence-corrected chi connectivity index (χ0v) is 38.5. The minimum absolute atomic E-state index is 0.0173. The number of nitrogens with one attached hydrogen (secondary N) is 3. The molecule has 0 radical (unpaired) electrons. The standard InChI is InChI=1S/C43H74ClN7O6/c1-24(2)32(45-13)38(52)47-33(25(3)4)40(54)49(15)35(27(7)8)42(56)51(17)37(29(11)12)43(57)50(16)36(28(9)10)41(55)48(14)34(26(5)6)39(53)46-23-22-30-18-20-31(44)21-19-30/h18-21,24-29,32-37,45H,22-23H2,1-17H3,(H,46,53)(H,47,52)/t32-,33-,34-,35-,36-,37-/m0/s1. The number of carbonyl (C=O) groups is 6. The lowest BCUT2D eigenvalue weighted by Crippen LogP contribution is -2.63. The molecule has 0 saturated heterocycles. The van der Waals surface area contributed by atoms with Gasteiger partial charge in [0.2, 0.25) is 35.4 Å². The Balaban J connectivity index is 3.37. The topological polar surface area (TPSA) is 151 Å². The minimum atomic E-state index is -0.980. The highest BCUT2D eigenvalue weighted by atomic mass is 35.5. The fraction of sp³-hybridized carbons (Fsp3) is 0.721. The number of nitrogens with zero attached hydrogens (tertiary/aromatic N) is 4. The Morgan fingerprint density at radius 1 is 0.509 bits per heavy atom. The van der Waals surface area contributed by atoms with Crippen LogP contribution < -0.4 is 16.0 Å². The number of likely N-dealkylation sites (N-methyl/N-ethyl adjacent to an activating group) is 5. The summed E-state index contributed by atoms with van der Waals surface area (Å²) in [7, 11) is 7.95. The van der Waals surface area contributed by atoms with E-state index >= 15 is 0 Å². The molecule has 0 spiro atoms. The molecule has 6 amide bonds. The Labute approximate surface area is 348 Å². The van der Waals surface area contributed by atoms with Crippen LogP contribution in [-0.4, -0.2) is 133 Å². The molecule has 1 rings (SSSR count). The van der Waals surface area contributed by atoms with Crippen LogP contribution in [0.25, 0.3) is 0 Å². The van der Waals surface area contributed by atoms with Crippen molar-refractivity contribution in [3.8, 4) is 0 Å². The summed E-state index contributed by atoms with van der Waals surface area (Å²) in [6, 6.07) is 2.33. The molecule has 0 aliphatic rings. The quantitative estimate of drug-likeness (QED) is 0.167. The second kappa shape index (κ2) is 23.0. The van der Waals surface area contributed by atoms with Crippen LogP contribution >= 0.6 is 11.6 Å². The minimum Gasteiger partial charge on any atom is -0.354 e. The van der Waals surface area contributed by atoms with E-state index in [1.54, 1.807) is 47.4 Å². The van der Waals surface area contributed by atoms with Crippen molar-refractivity contribution in [2.24, 2.45) is 35.5 Å². The first-order chi connectivity index (χ1) is 26.3. The van der Waals surface area contributed by atoms with Gasteiger partial charge in [0, 0.05) is 39.8 Å². The van der Waals surface area contributed by atoms with Gasteiger partial charge in [-0.15, -0.1) is 0 Å². The third kappa shape index (κ3) is 13.7. The molecule has 6 atom stereocenters. The summed E-state index contributed by atoms with van der Waals surface area (Å²) < 4.78 is 0. The normalized spacial score (nSPS) is 14.9. The average Bonchev–Trinajstić information content (AvgIpc) is 3.10. The number of amides is 6. The van der Waals surface area contributed by atoms with E-state index in [0.29, 0.717) is 18.0 Å². The Morgan fingerprint density at radius 2 is 0.860 bits per heavy atom. The molecular weight excluding hydrogens is 746 g/mol. The number of hydrogen-bond acceptors (Lipinski definition) is 7. The summed E-state index contributed by atoms with van der Waals surface area (Å²) in [6.45, 7) is 22.6. The third-order valence-electron chi connectivity index (χ3n) is 10.7. The van der Waals surface area contributed by atoms with Crippen LogP contribution in [0.5, 0.6) is 0 Å². The van der Waals surface area contributed by atoms with E-state index in [-0.39, 0.29) is 47.3 Å². The summed E-state index contributed by atoms with van der Waals surface area (Å²) in [5.41, 5.74) is 1.01. The van der Waals surface area contributed by atoms with Gasteiger partial charge >= 0.3 is 0 Å². The zero-order valence-electron chi connectivity index (χ0n) is 37.8. The van der Waals surface area contributed by atoms with E-state index in [0.717, 1.165) is 5.56 Å². The molecular formula is C43H74ClN7O6. The molecule has 0 aromatic heterocycles. The molecule has 3 N–H and O–H groups in total. The molecule has 1 aromatic carbocycles. The highest BCUT2D eigenvalue weighted by Gasteiger charge is 2.44. The van der Waals surface area contributed by atoms with Gasteiger partial charge in [0.05, 0.1) is 6.04 Å². The smallest absolute Gasteiger partial charge is 0.246 e. The average molecular weight is 821 g/mol. The summed E-state index contributed by atoms with van der Waals surface area (Å²) >= 11 is 6.01. The summed E-state index contributed by atoms with van der Waals surface area (Å²) in [6.07, 6.45) is 0.589. The van der Waals surface area contributed by atoms with Gasteiger partial charge in [0.1, 0.15) is 30.2 Å². The van der Waals surface area contributed by atoms with Gasteiger partial charge < -0.3 is 35.6 Å². The predicted molar refractivity (Wildman–Crippen MR) is 228 cm³/mol. The van der Waals surface area contributed by atoms with Gasteiger partial charge in [0.15, 0.2) is 0 Å². The first kappa shape index (κ1) is 51.3. The van der Waals surface area contributed by atoms with Gasteiger partial charge in [-0.1, -0.05) is 107 Å². The maximum Gasteiger partial charge on any atom is 0.246 e. The van der Waals surface area contributed by atoms with E-state index in [4.69, 9.17) is 11.6 Å². The van der Waals surface area contributed by atoms with Crippen molar-refractivity contribution < 1.29 is 28.8 Å². The largest absolute Gasteiger partial charge is 0.354 e. The zero-order chi connectivity index (χ0) is 44.2. The van der Waals surface area contributed by atoms with E-state index in [9.17, 15) is 28.8 Å². The number of carbonyl (C=O) groups excluding carboxylic acids is 6. The molecule has 0 aliphatic heterocycles. The molecule has 14 heteroatoms. The molecule has 13 nitrogen and oxygen atoms in total. The van der Waals surface area contributed by atoms with Crippen molar-refractivity contribution >= 4 is 47.0 Å². The Morgan fingerprint density at radius 3 is 1.19 bits per heavy atom. The van der Waals surface area contributed by atoms with E-state index in [2.05, 4.69) is 16.0 Å². The van der Waals surface area contributed by atoms with Crippen LogP contribution in [0.1, 0.15) is 88.6 Å². The van der Waals surface area contributed by atoms with Crippen LogP contribution in [0.2, 0.25) is 5.02 Å². The predicted octanol–water partition coefficient (Wildman–Crippen LogP) is 4.32. The third-order valence-corrected chi connectivity index (χ3v) is 11.0. The molecule has 0 heterocycles. The maximum absolute atomic E-state index is 14.5. The van der Waals surface area contributed by atoms with E-state index in [1.165, 1.54) is 19.6 Å². The molecule has 0 fully saturated rings. The summed E-state index contributed by atoms with van der Waals surface area (Å²) in [5.74, 6) is -3.85. The number of rotatable bonds is 21. The van der Waals surface area contributed by atoms with Crippen LogP contribution in [0, 0.1) is 35.5 Å². The molecule has 57 heavy (non-hydrogen) atoms. The second-order valence-corrected chi connectivity index (χ2v) is 17.9. The Bertz CT molecular complexity index is 1500. The molecule has 0 bridgehead atoms. The van der Waals surface area contributed by atoms with Crippen molar-refractivity contribution in [3.63, 3.8) is 0 Å². The maximum atomic E-state index is 14.5.